The number of carbonyl (C=O) groups is 3. The lowest BCUT2D eigenvalue weighted by atomic mass is 10.00. The summed E-state index contributed by atoms with van der Waals surface area (Å²) in [4.78, 5) is 42.9. The number of benzene rings is 3. The minimum absolute atomic E-state index is 0.102. The number of carboxylic acid groups (broad SMARTS) is 1. The number of fused-ring (bicyclic) bond motifs is 1. The van der Waals surface area contributed by atoms with Gasteiger partial charge in [0.15, 0.2) is 0 Å². The maximum atomic E-state index is 14.7. The standard InChI is InChI=1S/C24H18ClFN4O4/c25-14-9-11-15(12-10-14)27-24(34)29-22-23(33)30(13-20(31)32)19-8-4-2-6-17(19)21(28-22)16-5-1-3-7-18(16)26/h1-12,22H,13H2,(H,31,32)(H2,27,29,34). The Morgan fingerprint density at radius 3 is 2.32 bits per heavy atom. The van der Waals surface area contributed by atoms with Crippen LogP contribution < -0.4 is 15.5 Å². The minimum atomic E-state index is -1.52. The van der Waals surface area contributed by atoms with Crippen LogP contribution in [0.4, 0.5) is 20.6 Å². The molecule has 0 fully saturated rings. The second-order valence-electron chi connectivity index (χ2n) is 7.30. The first-order chi connectivity index (χ1) is 16.3. The number of nitrogens with one attached hydrogen (secondary N) is 2. The van der Waals surface area contributed by atoms with Crippen molar-refractivity contribution in [2.45, 2.75) is 6.17 Å². The Morgan fingerprint density at radius 1 is 1.00 bits per heavy atom. The zero-order valence-corrected chi connectivity index (χ0v) is 18.3. The average molecular weight is 481 g/mol. The number of amides is 3. The van der Waals surface area contributed by atoms with Crippen molar-refractivity contribution in [1.29, 1.82) is 0 Å². The van der Waals surface area contributed by atoms with Crippen LogP contribution in [0.25, 0.3) is 0 Å². The molecule has 1 aliphatic heterocycles. The van der Waals surface area contributed by atoms with Crippen molar-refractivity contribution in [2.75, 3.05) is 16.8 Å². The Bertz CT molecular complexity index is 1300. The summed E-state index contributed by atoms with van der Waals surface area (Å²) in [7, 11) is 0. The smallest absolute Gasteiger partial charge is 0.323 e. The topological polar surface area (TPSA) is 111 Å². The van der Waals surface area contributed by atoms with Gasteiger partial charge in [-0.25, -0.2) is 14.2 Å². The molecule has 3 aromatic rings. The van der Waals surface area contributed by atoms with Crippen LogP contribution in [0.2, 0.25) is 5.02 Å². The summed E-state index contributed by atoms with van der Waals surface area (Å²) < 4.78 is 14.7. The minimum Gasteiger partial charge on any atom is -0.480 e. The maximum absolute atomic E-state index is 14.7. The molecular formula is C24H18ClFN4O4. The molecule has 1 unspecified atom stereocenters. The molecule has 1 atom stereocenters. The number of halogens is 2. The number of urea groups is 1. The van der Waals surface area contributed by atoms with E-state index in [2.05, 4.69) is 15.6 Å². The second kappa shape index (κ2) is 9.72. The van der Waals surface area contributed by atoms with Crippen molar-refractivity contribution in [3.05, 3.63) is 94.8 Å². The van der Waals surface area contributed by atoms with Crippen LogP contribution in [0.15, 0.2) is 77.8 Å². The normalized spacial score (nSPS) is 15.1. The number of rotatable bonds is 5. The Labute approximate surface area is 198 Å². The van der Waals surface area contributed by atoms with Gasteiger partial charge in [-0.15, -0.1) is 0 Å². The van der Waals surface area contributed by atoms with E-state index in [0.717, 1.165) is 4.90 Å². The second-order valence-corrected chi connectivity index (χ2v) is 7.74. The summed E-state index contributed by atoms with van der Waals surface area (Å²) in [6, 6.07) is 17.8. The SMILES string of the molecule is O=C(O)CN1C(=O)C(NC(=O)Nc2ccc(Cl)cc2)N=C(c2ccccc2F)c2ccccc21. The fourth-order valence-corrected chi connectivity index (χ4v) is 3.64. The lowest BCUT2D eigenvalue weighted by Gasteiger charge is -2.23. The molecule has 0 saturated heterocycles. The van der Waals surface area contributed by atoms with Crippen molar-refractivity contribution < 1.29 is 23.9 Å². The predicted octanol–water partition coefficient (Wildman–Crippen LogP) is 3.90. The average Bonchev–Trinajstić information content (AvgIpc) is 2.91. The van der Waals surface area contributed by atoms with E-state index in [1.54, 1.807) is 54.6 Å². The Kier molecular flexibility index (Phi) is 6.55. The number of para-hydroxylation sites is 1. The molecule has 172 valence electrons. The number of hydrogen-bond acceptors (Lipinski definition) is 4. The number of nitrogens with zero attached hydrogens (tertiary/aromatic N) is 2. The quantitative estimate of drug-likeness (QED) is 0.514. The molecule has 0 bridgehead atoms. The summed E-state index contributed by atoms with van der Waals surface area (Å²) in [6.45, 7) is -0.674. The van der Waals surface area contributed by atoms with Crippen molar-refractivity contribution in [2.24, 2.45) is 4.99 Å². The van der Waals surface area contributed by atoms with Gasteiger partial charge in [-0.05, 0) is 42.5 Å². The van der Waals surface area contributed by atoms with E-state index in [1.165, 1.54) is 18.2 Å². The monoisotopic (exact) mass is 480 g/mol. The third-order valence-electron chi connectivity index (χ3n) is 5.00. The molecule has 10 heteroatoms. The molecule has 0 aromatic heterocycles. The predicted molar refractivity (Wildman–Crippen MR) is 126 cm³/mol. The lowest BCUT2D eigenvalue weighted by molar-refractivity contribution is -0.136. The molecule has 0 saturated carbocycles. The van der Waals surface area contributed by atoms with Gasteiger partial charge in [-0.3, -0.25) is 14.5 Å². The van der Waals surface area contributed by atoms with E-state index < -0.39 is 36.4 Å². The van der Waals surface area contributed by atoms with Crippen LogP contribution in [0.5, 0.6) is 0 Å². The number of hydrogen-bond donors (Lipinski definition) is 3. The van der Waals surface area contributed by atoms with E-state index >= 15 is 0 Å². The summed E-state index contributed by atoms with van der Waals surface area (Å²) in [5.74, 6) is -2.63. The van der Waals surface area contributed by atoms with Gasteiger partial charge in [0.05, 0.1) is 11.4 Å². The van der Waals surface area contributed by atoms with Gasteiger partial charge in [-0.2, -0.15) is 0 Å². The van der Waals surface area contributed by atoms with Crippen LogP contribution in [-0.4, -0.2) is 41.4 Å². The summed E-state index contributed by atoms with van der Waals surface area (Å²) in [5.41, 5.74) is 1.20. The Balaban J connectivity index is 1.76. The van der Waals surface area contributed by atoms with Crippen molar-refractivity contribution in [1.82, 2.24) is 5.32 Å². The lowest BCUT2D eigenvalue weighted by Crippen LogP contribution is -2.49. The summed E-state index contributed by atoms with van der Waals surface area (Å²) in [5, 5.41) is 14.9. The number of aliphatic carboxylic acids is 1. The summed E-state index contributed by atoms with van der Waals surface area (Å²) >= 11 is 5.86. The first-order valence-electron chi connectivity index (χ1n) is 10.1. The summed E-state index contributed by atoms with van der Waals surface area (Å²) in [6.07, 6.45) is -1.52. The highest BCUT2D eigenvalue weighted by Crippen LogP contribution is 2.29. The van der Waals surface area contributed by atoms with Gasteiger partial charge in [0.25, 0.3) is 5.91 Å². The van der Waals surface area contributed by atoms with Crippen LogP contribution in [0, 0.1) is 5.82 Å². The maximum Gasteiger partial charge on any atom is 0.323 e. The van der Waals surface area contributed by atoms with E-state index in [4.69, 9.17) is 11.6 Å². The van der Waals surface area contributed by atoms with E-state index in [-0.39, 0.29) is 17.0 Å². The zero-order chi connectivity index (χ0) is 24.2. The van der Waals surface area contributed by atoms with Crippen molar-refractivity contribution in [3.63, 3.8) is 0 Å². The first kappa shape index (κ1) is 22.9. The molecule has 0 radical (unpaired) electrons. The highest BCUT2D eigenvalue weighted by Gasteiger charge is 2.34. The molecule has 3 amide bonds. The molecule has 4 rings (SSSR count). The van der Waals surface area contributed by atoms with Gasteiger partial charge < -0.3 is 15.7 Å². The Hall–Kier alpha value is -4.24. The number of benzodiazepines with no additional fused rings is 1. The number of carboxylic acids is 1. The molecule has 8 nitrogen and oxygen atoms in total. The first-order valence-corrected chi connectivity index (χ1v) is 10.5. The van der Waals surface area contributed by atoms with Gasteiger partial charge >= 0.3 is 12.0 Å². The third kappa shape index (κ3) is 4.89. The van der Waals surface area contributed by atoms with E-state index in [0.29, 0.717) is 16.3 Å². The molecule has 1 aliphatic rings. The highest BCUT2D eigenvalue weighted by atomic mass is 35.5. The van der Waals surface area contributed by atoms with Crippen LogP contribution in [-0.2, 0) is 9.59 Å². The van der Waals surface area contributed by atoms with Crippen molar-refractivity contribution >= 4 is 46.6 Å². The zero-order valence-electron chi connectivity index (χ0n) is 17.5. The van der Waals surface area contributed by atoms with Gasteiger partial charge in [0.1, 0.15) is 12.4 Å². The van der Waals surface area contributed by atoms with E-state index in [9.17, 15) is 23.9 Å². The number of anilines is 2. The molecule has 34 heavy (non-hydrogen) atoms. The fraction of sp³-hybridized carbons (Fsp3) is 0.0833. The largest absolute Gasteiger partial charge is 0.480 e. The molecule has 0 spiro atoms. The Morgan fingerprint density at radius 2 is 1.65 bits per heavy atom. The van der Waals surface area contributed by atoms with Crippen LogP contribution in [0.3, 0.4) is 0 Å². The number of aliphatic imine (C=N–C) groups is 1. The van der Waals surface area contributed by atoms with Crippen LogP contribution in [0.1, 0.15) is 11.1 Å². The molecule has 0 aliphatic carbocycles. The van der Waals surface area contributed by atoms with Crippen molar-refractivity contribution in [3.8, 4) is 0 Å². The fourth-order valence-electron chi connectivity index (χ4n) is 3.51. The molecule has 3 N–H and O–H groups in total. The van der Waals surface area contributed by atoms with Crippen LogP contribution >= 0.6 is 11.6 Å². The third-order valence-corrected chi connectivity index (χ3v) is 5.25. The van der Waals surface area contributed by atoms with Gasteiger partial charge in [-0.1, -0.05) is 41.9 Å². The van der Waals surface area contributed by atoms with E-state index in [1.807, 2.05) is 0 Å². The van der Waals surface area contributed by atoms with Gasteiger partial charge in [0.2, 0.25) is 6.17 Å². The molecule has 3 aromatic carbocycles. The molecule has 1 heterocycles. The highest BCUT2D eigenvalue weighted by molar-refractivity contribution is 6.30. The van der Waals surface area contributed by atoms with Gasteiger partial charge in [0, 0.05) is 21.8 Å². The molecular weight excluding hydrogens is 463 g/mol. The number of carbonyl (C=O) groups excluding carboxylic acids is 2.